The van der Waals surface area contributed by atoms with Crippen LogP contribution in [0.25, 0.3) is 5.70 Å². The lowest BCUT2D eigenvalue weighted by Gasteiger charge is -2.41. The van der Waals surface area contributed by atoms with Crippen molar-refractivity contribution >= 4 is 46.8 Å². The van der Waals surface area contributed by atoms with Gasteiger partial charge in [0.05, 0.1) is 12.0 Å². The Hall–Kier alpha value is -2.71. The maximum atomic E-state index is 11.7. The molecule has 2 aliphatic rings. The molecule has 2 amide bonds. The minimum atomic E-state index is -0.537. The first-order chi connectivity index (χ1) is 15.8. The fraction of sp³-hybridized carbons (Fsp3) is 0.417. The quantitative estimate of drug-likeness (QED) is 0.673. The predicted molar refractivity (Wildman–Crippen MR) is 134 cm³/mol. The minimum absolute atomic E-state index is 0.105. The number of likely N-dealkylation sites (tertiary alicyclic amines) is 1. The van der Waals surface area contributed by atoms with E-state index in [9.17, 15) is 9.59 Å². The first kappa shape index (κ1) is 24.9. The summed E-state index contributed by atoms with van der Waals surface area (Å²) >= 11 is 7.43. The van der Waals surface area contributed by atoms with Gasteiger partial charge >= 0.3 is 0 Å². The number of halogens is 1. The van der Waals surface area contributed by atoms with Crippen LogP contribution in [0.1, 0.15) is 67.1 Å². The normalized spacial score (nSPS) is 18.4. The number of carbonyl (C=O) groups excluding carboxylic acids is 2. The van der Waals surface area contributed by atoms with Crippen LogP contribution in [0.2, 0.25) is 5.02 Å². The highest BCUT2D eigenvalue weighted by Gasteiger charge is 2.32. The van der Waals surface area contributed by atoms with E-state index in [0.717, 1.165) is 42.2 Å². The molecule has 4 rings (SSSR count). The van der Waals surface area contributed by atoms with Gasteiger partial charge < -0.3 is 15.5 Å². The zero-order chi connectivity index (χ0) is 24.0. The molecule has 0 radical (unpaired) electrons. The molecule has 1 saturated heterocycles. The van der Waals surface area contributed by atoms with Crippen LogP contribution in [0.5, 0.6) is 0 Å². The lowest BCUT2D eigenvalue weighted by atomic mass is 9.99. The molecule has 33 heavy (non-hydrogen) atoms. The minimum Gasteiger partial charge on any atom is -0.364 e. The molecule has 176 valence electrons. The number of carbonyl (C=O) groups is 2. The van der Waals surface area contributed by atoms with E-state index in [0.29, 0.717) is 5.02 Å². The number of aliphatic imine (C=N–C) groups is 1. The van der Waals surface area contributed by atoms with Gasteiger partial charge in [0.25, 0.3) is 5.91 Å². The second-order valence-electron chi connectivity index (χ2n) is 8.08. The lowest BCUT2D eigenvalue weighted by Crippen LogP contribution is -2.47. The molecule has 9 heteroatoms. The van der Waals surface area contributed by atoms with Crippen LogP contribution in [0.15, 0.2) is 40.7 Å². The number of rotatable bonds is 4. The molecule has 1 atom stereocenters. The molecule has 2 aliphatic heterocycles. The van der Waals surface area contributed by atoms with Crippen molar-refractivity contribution in [3.05, 3.63) is 57.0 Å². The third-order valence-corrected chi connectivity index (χ3v) is 6.63. The van der Waals surface area contributed by atoms with Crippen LogP contribution in [-0.2, 0) is 4.79 Å². The van der Waals surface area contributed by atoms with Crippen LogP contribution in [0, 0.1) is 0 Å². The average Bonchev–Trinajstić information content (AvgIpc) is 3.30. The first-order valence-corrected chi connectivity index (χ1v) is 12.4. The second kappa shape index (κ2) is 11.4. The number of primary amides is 1. The molecule has 3 heterocycles. The van der Waals surface area contributed by atoms with Crippen molar-refractivity contribution in [1.82, 2.24) is 14.8 Å². The Morgan fingerprint density at radius 2 is 1.82 bits per heavy atom. The highest BCUT2D eigenvalue weighted by molar-refractivity contribution is 7.10. The van der Waals surface area contributed by atoms with Gasteiger partial charge in [0.2, 0.25) is 5.91 Å². The van der Waals surface area contributed by atoms with Gasteiger partial charge in [-0.2, -0.15) is 0 Å². The van der Waals surface area contributed by atoms with Crippen molar-refractivity contribution in [2.45, 2.75) is 52.1 Å². The molecule has 1 unspecified atom stereocenters. The number of nitrogens with zero attached hydrogens (tertiary/aromatic N) is 4. The van der Waals surface area contributed by atoms with Crippen LogP contribution < -0.4 is 5.73 Å². The van der Waals surface area contributed by atoms with Gasteiger partial charge in [-0.3, -0.25) is 9.59 Å². The van der Waals surface area contributed by atoms with Crippen LogP contribution in [0.3, 0.4) is 0 Å². The summed E-state index contributed by atoms with van der Waals surface area (Å²) in [6.07, 6.45) is 6.86. The van der Waals surface area contributed by atoms with Gasteiger partial charge in [-0.15, -0.1) is 11.3 Å². The third-order valence-electron chi connectivity index (χ3n) is 5.47. The third kappa shape index (κ3) is 6.21. The molecule has 0 aliphatic carbocycles. The molecular formula is C24H30ClN5O2S. The predicted octanol–water partition coefficient (Wildman–Crippen LogP) is 4.75. The van der Waals surface area contributed by atoms with Crippen molar-refractivity contribution in [3.63, 3.8) is 0 Å². The molecular weight excluding hydrogens is 458 g/mol. The molecule has 0 saturated carbocycles. The summed E-state index contributed by atoms with van der Waals surface area (Å²) < 4.78 is 0. The van der Waals surface area contributed by atoms with Crippen molar-refractivity contribution in [1.29, 1.82) is 0 Å². The summed E-state index contributed by atoms with van der Waals surface area (Å²) in [4.78, 5) is 36.4. The zero-order valence-corrected chi connectivity index (χ0v) is 20.8. The number of benzene rings is 1. The highest BCUT2D eigenvalue weighted by Crippen LogP contribution is 2.35. The molecule has 2 N–H and O–H groups in total. The largest absolute Gasteiger partial charge is 0.364 e. The maximum absolute atomic E-state index is 11.7. The zero-order valence-electron chi connectivity index (χ0n) is 19.2. The van der Waals surface area contributed by atoms with E-state index in [-0.39, 0.29) is 23.7 Å². The maximum Gasteiger partial charge on any atom is 0.268 e. The van der Waals surface area contributed by atoms with E-state index >= 15 is 0 Å². The van der Waals surface area contributed by atoms with Crippen LogP contribution in [-0.4, -0.2) is 52.1 Å². The molecule has 1 aromatic carbocycles. The van der Waals surface area contributed by atoms with E-state index in [1.165, 1.54) is 17.8 Å². The van der Waals surface area contributed by atoms with Crippen molar-refractivity contribution in [2.75, 3.05) is 13.1 Å². The number of hydrogen-bond acceptors (Lipinski definition) is 6. The summed E-state index contributed by atoms with van der Waals surface area (Å²) in [5, 5.41) is 3.14. The average molecular weight is 488 g/mol. The highest BCUT2D eigenvalue weighted by atomic mass is 35.5. The van der Waals surface area contributed by atoms with Gasteiger partial charge in [-0.05, 0) is 31.1 Å². The van der Waals surface area contributed by atoms with Crippen molar-refractivity contribution in [3.8, 4) is 0 Å². The number of hydrogen-bond donors (Lipinski definition) is 1. The number of aromatic nitrogens is 1. The molecule has 2 aromatic rings. The summed E-state index contributed by atoms with van der Waals surface area (Å²) in [5.74, 6) is -0.432. The van der Waals surface area contributed by atoms with Crippen molar-refractivity contribution in [2.24, 2.45) is 10.7 Å². The van der Waals surface area contributed by atoms with Crippen LogP contribution in [0.4, 0.5) is 0 Å². The van der Waals surface area contributed by atoms with Gasteiger partial charge in [-0.25, -0.2) is 9.98 Å². The summed E-state index contributed by atoms with van der Waals surface area (Å²) in [5.41, 5.74) is 7.46. The Morgan fingerprint density at radius 1 is 1.18 bits per heavy atom. The van der Waals surface area contributed by atoms with E-state index in [1.54, 1.807) is 12.3 Å². The van der Waals surface area contributed by atoms with Gasteiger partial charge in [0.15, 0.2) is 0 Å². The smallest absolute Gasteiger partial charge is 0.268 e. The van der Waals surface area contributed by atoms with Crippen molar-refractivity contribution < 1.29 is 9.59 Å². The Morgan fingerprint density at radius 3 is 2.36 bits per heavy atom. The Bertz CT molecular complexity index is 1030. The monoisotopic (exact) mass is 487 g/mol. The lowest BCUT2D eigenvalue weighted by molar-refractivity contribution is -0.130. The van der Waals surface area contributed by atoms with E-state index in [2.05, 4.69) is 34.8 Å². The number of nitrogens with two attached hydrogens (primary N) is 1. The Kier molecular flexibility index (Phi) is 8.63. The van der Waals surface area contributed by atoms with E-state index in [4.69, 9.17) is 17.3 Å². The topological polar surface area (TPSA) is 91.9 Å². The molecule has 0 spiro atoms. The van der Waals surface area contributed by atoms with E-state index in [1.807, 2.05) is 35.5 Å². The van der Waals surface area contributed by atoms with Gasteiger partial charge in [0.1, 0.15) is 16.7 Å². The Balaban J connectivity index is 0.000000968. The van der Waals surface area contributed by atoms with Gasteiger partial charge in [-0.1, -0.05) is 44.0 Å². The first-order valence-electron chi connectivity index (χ1n) is 11.1. The Labute approximate surface area is 204 Å². The fourth-order valence-electron chi connectivity index (χ4n) is 3.81. The van der Waals surface area contributed by atoms with Crippen LogP contribution >= 0.6 is 22.9 Å². The van der Waals surface area contributed by atoms with Gasteiger partial charge in [0, 0.05) is 42.0 Å². The molecule has 0 bridgehead atoms. The molecule has 7 nitrogen and oxygen atoms in total. The summed E-state index contributed by atoms with van der Waals surface area (Å²) in [6, 6.07) is 7.58. The summed E-state index contributed by atoms with van der Waals surface area (Å²) in [6.45, 7) is 7.29. The second-order valence-corrected chi connectivity index (χ2v) is 9.40. The number of thiazole rings is 1. The van der Waals surface area contributed by atoms with E-state index < -0.39 is 5.91 Å². The molecule has 1 fully saturated rings. The fourth-order valence-corrected chi connectivity index (χ4v) is 4.81. The summed E-state index contributed by atoms with van der Waals surface area (Å²) in [7, 11) is 0. The standard InChI is InChI=1S/C21H22ClN5O2S.C3H8/c1-13(28)26-8-6-16(7-9-26)27-12-24-17(14-2-4-15(22)5-3-14)10-19(27)21-25-18(11-30-21)20(23)29;1-3-2/h2-5,10-12,16,19H,6-9H2,1H3,(H2,23,29);3H2,1-2H3. The number of amides is 2. The SMILES string of the molecule is CC(=O)N1CCC(N2C=NC(c3ccc(Cl)cc3)=CC2c2nc(C(N)=O)cs2)CC1.CCC. The number of piperidine rings is 1. The molecule has 1 aromatic heterocycles.